The van der Waals surface area contributed by atoms with Crippen LogP contribution in [0.5, 0.6) is 0 Å². The molecule has 2 unspecified atom stereocenters. The summed E-state index contributed by atoms with van der Waals surface area (Å²) in [5.74, 6) is 0. The largest absolute Gasteiger partial charge is 0.317 e. The standard InChI is InChI=1S/C16H30N2S/c1-17-13-10-14-6-5-7-15(11-13)18(14)12-16(19-2)8-3-4-9-16/h13-15,17H,3-12H2,1-2H3. The number of piperidine rings is 2. The Labute approximate surface area is 123 Å². The van der Waals surface area contributed by atoms with E-state index in [0.29, 0.717) is 4.75 Å². The van der Waals surface area contributed by atoms with E-state index in [9.17, 15) is 0 Å². The highest BCUT2D eigenvalue weighted by atomic mass is 32.2. The average molecular weight is 282 g/mol. The van der Waals surface area contributed by atoms with Crippen molar-refractivity contribution in [3.05, 3.63) is 0 Å². The van der Waals surface area contributed by atoms with Crippen molar-refractivity contribution in [2.75, 3.05) is 19.8 Å². The van der Waals surface area contributed by atoms with E-state index >= 15 is 0 Å². The molecule has 0 spiro atoms. The third kappa shape index (κ3) is 2.84. The predicted octanol–water partition coefficient (Wildman–Crippen LogP) is 3.27. The molecule has 2 nitrogen and oxygen atoms in total. The number of thioether (sulfide) groups is 1. The molecule has 2 atom stereocenters. The zero-order valence-corrected chi connectivity index (χ0v) is 13.5. The van der Waals surface area contributed by atoms with Crippen molar-refractivity contribution >= 4 is 11.8 Å². The first-order valence-electron chi connectivity index (χ1n) is 8.24. The lowest BCUT2D eigenvalue weighted by Gasteiger charge is -2.51. The fraction of sp³-hybridized carbons (Fsp3) is 1.00. The van der Waals surface area contributed by atoms with Crippen LogP contribution in [0, 0.1) is 0 Å². The van der Waals surface area contributed by atoms with Crippen molar-refractivity contribution in [2.24, 2.45) is 0 Å². The maximum Gasteiger partial charge on any atom is 0.0284 e. The Hall–Kier alpha value is 0.270. The number of hydrogen-bond acceptors (Lipinski definition) is 3. The molecule has 3 heteroatoms. The van der Waals surface area contributed by atoms with Gasteiger partial charge in [0, 0.05) is 29.4 Å². The summed E-state index contributed by atoms with van der Waals surface area (Å²) in [4.78, 5) is 2.93. The smallest absolute Gasteiger partial charge is 0.0284 e. The van der Waals surface area contributed by atoms with Gasteiger partial charge in [-0.05, 0) is 51.8 Å². The Morgan fingerprint density at radius 1 is 1.11 bits per heavy atom. The van der Waals surface area contributed by atoms with E-state index < -0.39 is 0 Å². The Morgan fingerprint density at radius 3 is 2.26 bits per heavy atom. The van der Waals surface area contributed by atoms with E-state index in [1.807, 2.05) is 0 Å². The van der Waals surface area contributed by atoms with E-state index in [0.717, 1.165) is 18.1 Å². The molecule has 1 saturated carbocycles. The quantitative estimate of drug-likeness (QED) is 0.852. The highest BCUT2D eigenvalue weighted by molar-refractivity contribution is 8.00. The molecule has 3 aliphatic rings. The van der Waals surface area contributed by atoms with Crippen LogP contribution in [0.2, 0.25) is 0 Å². The molecule has 1 aliphatic carbocycles. The molecule has 2 bridgehead atoms. The summed E-state index contributed by atoms with van der Waals surface area (Å²) in [5, 5.41) is 3.54. The van der Waals surface area contributed by atoms with Crippen LogP contribution in [-0.2, 0) is 0 Å². The minimum absolute atomic E-state index is 0.598. The van der Waals surface area contributed by atoms with Crippen molar-refractivity contribution in [2.45, 2.75) is 80.7 Å². The summed E-state index contributed by atoms with van der Waals surface area (Å²) < 4.78 is 0.598. The molecule has 0 aromatic carbocycles. The summed E-state index contributed by atoms with van der Waals surface area (Å²) >= 11 is 2.16. The molecule has 0 aromatic rings. The van der Waals surface area contributed by atoms with Crippen LogP contribution < -0.4 is 5.32 Å². The van der Waals surface area contributed by atoms with Crippen LogP contribution >= 0.6 is 11.8 Å². The molecular weight excluding hydrogens is 252 g/mol. The fourth-order valence-electron chi connectivity index (χ4n) is 4.75. The number of hydrogen-bond donors (Lipinski definition) is 1. The third-order valence-electron chi connectivity index (χ3n) is 5.95. The first-order chi connectivity index (χ1) is 9.26. The summed E-state index contributed by atoms with van der Waals surface area (Å²) in [6.45, 7) is 1.37. The molecule has 2 aliphatic heterocycles. The molecule has 1 N–H and O–H groups in total. The highest BCUT2D eigenvalue weighted by Crippen LogP contribution is 2.44. The van der Waals surface area contributed by atoms with Gasteiger partial charge < -0.3 is 5.32 Å². The SMILES string of the molecule is CNC1CC2CCCC(C1)N2CC1(SC)CCCC1. The van der Waals surface area contributed by atoms with Gasteiger partial charge in [-0.25, -0.2) is 0 Å². The molecule has 2 heterocycles. The maximum atomic E-state index is 3.54. The summed E-state index contributed by atoms with van der Waals surface area (Å²) in [6.07, 6.45) is 15.3. The van der Waals surface area contributed by atoms with Crippen molar-refractivity contribution in [1.82, 2.24) is 10.2 Å². The van der Waals surface area contributed by atoms with Crippen molar-refractivity contribution in [3.63, 3.8) is 0 Å². The first-order valence-corrected chi connectivity index (χ1v) is 9.47. The fourth-order valence-corrected chi connectivity index (χ4v) is 5.73. The number of fused-ring (bicyclic) bond motifs is 2. The molecule has 110 valence electrons. The van der Waals surface area contributed by atoms with Gasteiger partial charge in [-0.3, -0.25) is 4.90 Å². The lowest BCUT2D eigenvalue weighted by atomic mass is 9.81. The van der Waals surface area contributed by atoms with Gasteiger partial charge in [0.05, 0.1) is 0 Å². The predicted molar refractivity (Wildman–Crippen MR) is 84.9 cm³/mol. The van der Waals surface area contributed by atoms with E-state index in [-0.39, 0.29) is 0 Å². The van der Waals surface area contributed by atoms with Crippen molar-refractivity contribution in [1.29, 1.82) is 0 Å². The molecule has 3 fully saturated rings. The molecule has 19 heavy (non-hydrogen) atoms. The summed E-state index contributed by atoms with van der Waals surface area (Å²) in [7, 11) is 2.15. The summed E-state index contributed by atoms with van der Waals surface area (Å²) in [5.41, 5.74) is 0. The zero-order chi connectivity index (χ0) is 13.3. The first kappa shape index (κ1) is 14.2. The zero-order valence-electron chi connectivity index (χ0n) is 12.7. The van der Waals surface area contributed by atoms with Crippen molar-refractivity contribution < 1.29 is 0 Å². The van der Waals surface area contributed by atoms with Gasteiger partial charge in [0.15, 0.2) is 0 Å². The van der Waals surface area contributed by atoms with Gasteiger partial charge in [0.25, 0.3) is 0 Å². The average Bonchev–Trinajstić information content (AvgIpc) is 2.87. The molecule has 2 saturated heterocycles. The van der Waals surface area contributed by atoms with Gasteiger partial charge >= 0.3 is 0 Å². The third-order valence-corrected chi connectivity index (χ3v) is 7.36. The Kier molecular flexibility index (Phi) is 4.45. The van der Waals surface area contributed by atoms with Crippen LogP contribution in [0.3, 0.4) is 0 Å². The lowest BCUT2D eigenvalue weighted by Crippen LogP contribution is -2.58. The van der Waals surface area contributed by atoms with E-state index in [4.69, 9.17) is 0 Å². The topological polar surface area (TPSA) is 15.3 Å². The second-order valence-corrected chi connectivity index (χ2v) is 8.24. The number of nitrogens with zero attached hydrogens (tertiary/aromatic N) is 1. The maximum absolute atomic E-state index is 3.54. The van der Waals surface area contributed by atoms with E-state index in [1.165, 1.54) is 64.3 Å². The molecular formula is C16H30N2S. The van der Waals surface area contributed by atoms with Gasteiger partial charge in [-0.2, -0.15) is 11.8 Å². The minimum Gasteiger partial charge on any atom is -0.317 e. The number of rotatable bonds is 4. The van der Waals surface area contributed by atoms with Crippen LogP contribution in [-0.4, -0.2) is 47.6 Å². The van der Waals surface area contributed by atoms with Gasteiger partial charge in [-0.15, -0.1) is 0 Å². The normalized spacial score (nSPS) is 38.5. The number of nitrogens with one attached hydrogen (secondary N) is 1. The van der Waals surface area contributed by atoms with Gasteiger partial charge in [0.2, 0.25) is 0 Å². The van der Waals surface area contributed by atoms with Gasteiger partial charge in [0.1, 0.15) is 0 Å². The van der Waals surface area contributed by atoms with E-state index in [2.05, 4.69) is 35.3 Å². The Bertz CT molecular complexity index is 287. The minimum atomic E-state index is 0.598. The van der Waals surface area contributed by atoms with E-state index in [1.54, 1.807) is 0 Å². The van der Waals surface area contributed by atoms with Gasteiger partial charge in [-0.1, -0.05) is 19.3 Å². The highest BCUT2D eigenvalue weighted by Gasteiger charge is 2.43. The van der Waals surface area contributed by atoms with Crippen LogP contribution in [0.4, 0.5) is 0 Å². The molecule has 0 aromatic heterocycles. The summed E-state index contributed by atoms with van der Waals surface area (Å²) in [6, 6.07) is 2.52. The molecule has 0 amide bonds. The second-order valence-electron chi connectivity index (χ2n) is 6.96. The monoisotopic (exact) mass is 282 g/mol. The Balaban J connectivity index is 1.70. The second kappa shape index (κ2) is 5.95. The van der Waals surface area contributed by atoms with Crippen molar-refractivity contribution in [3.8, 4) is 0 Å². The lowest BCUT2D eigenvalue weighted by molar-refractivity contribution is 0.0185. The van der Waals surface area contributed by atoms with Crippen LogP contribution in [0.1, 0.15) is 57.8 Å². The molecule has 0 radical (unpaired) electrons. The van der Waals surface area contributed by atoms with Crippen LogP contribution in [0.15, 0.2) is 0 Å². The molecule has 3 rings (SSSR count). The van der Waals surface area contributed by atoms with Crippen LogP contribution in [0.25, 0.3) is 0 Å². The Morgan fingerprint density at radius 2 is 1.74 bits per heavy atom.